The van der Waals surface area contributed by atoms with E-state index < -0.39 is 0 Å². The Kier molecular flexibility index (Phi) is 5.36. The van der Waals surface area contributed by atoms with Crippen molar-refractivity contribution in [1.29, 1.82) is 0 Å². The Hall–Kier alpha value is -1.84. The van der Waals surface area contributed by atoms with Crippen LogP contribution in [0, 0.1) is 0 Å². The second kappa shape index (κ2) is 6.79. The summed E-state index contributed by atoms with van der Waals surface area (Å²) in [5, 5.41) is 23.7. The molecule has 0 unspecified atom stereocenters. The molecule has 0 amide bonds. The van der Waals surface area contributed by atoms with Gasteiger partial charge >= 0.3 is 0 Å². The van der Waals surface area contributed by atoms with E-state index in [1.54, 1.807) is 0 Å². The second-order valence-corrected chi connectivity index (χ2v) is 4.05. The second-order valence-electron chi connectivity index (χ2n) is 4.05. The van der Waals surface area contributed by atoms with Crippen LogP contribution in [-0.4, -0.2) is 22.8 Å². The zero-order chi connectivity index (χ0) is 13.5. The van der Waals surface area contributed by atoms with Gasteiger partial charge in [-0.05, 0) is 42.0 Å². The van der Waals surface area contributed by atoms with Gasteiger partial charge in [0, 0.05) is 11.1 Å². The highest BCUT2D eigenvalue weighted by molar-refractivity contribution is 5.96. The van der Waals surface area contributed by atoms with Crippen molar-refractivity contribution in [2.24, 2.45) is 10.3 Å². The number of hydrogen-bond donors (Lipinski definition) is 2. The van der Waals surface area contributed by atoms with Gasteiger partial charge in [0.05, 0.1) is 12.4 Å². The van der Waals surface area contributed by atoms with Crippen LogP contribution in [0.15, 0.2) is 16.4 Å². The van der Waals surface area contributed by atoms with Crippen LogP contribution in [0.3, 0.4) is 0 Å². The molecule has 1 aromatic rings. The van der Waals surface area contributed by atoms with Crippen molar-refractivity contribution in [2.75, 3.05) is 0 Å². The maximum Gasteiger partial charge on any atom is 0.0743 e. The first-order valence-corrected chi connectivity index (χ1v) is 6.25. The van der Waals surface area contributed by atoms with Crippen LogP contribution in [0.25, 0.3) is 0 Å². The first-order chi connectivity index (χ1) is 8.73. The number of oxime groups is 2. The maximum atomic E-state index is 8.78. The van der Waals surface area contributed by atoms with Crippen LogP contribution in [0.1, 0.15) is 48.6 Å². The van der Waals surface area contributed by atoms with Gasteiger partial charge in [-0.1, -0.05) is 31.1 Å². The van der Waals surface area contributed by atoms with Crippen LogP contribution in [0.2, 0.25) is 0 Å². The molecular weight excluding hydrogens is 228 g/mol. The lowest BCUT2D eigenvalue weighted by molar-refractivity contribution is 0.321. The monoisotopic (exact) mass is 248 g/mol. The zero-order valence-electron chi connectivity index (χ0n) is 11.1. The minimum absolute atomic E-state index is 0.779. The molecule has 0 radical (unpaired) electrons. The molecule has 0 fully saturated rings. The Labute approximate surface area is 108 Å². The molecule has 4 heteroatoms. The fraction of sp³-hybridized carbons (Fsp3) is 0.429. The molecule has 0 saturated carbocycles. The molecule has 1 rings (SSSR count). The maximum absolute atomic E-state index is 8.78. The molecule has 1 aromatic carbocycles. The number of benzene rings is 1. The standard InChI is InChI=1S/C14H20N2O2/c1-4-10-7-11(8-15-17)14(9-16-18)13(6-3)12(10)5-2/h7-9,17-18H,4-6H2,1-3H3. The van der Waals surface area contributed by atoms with Crippen LogP contribution in [-0.2, 0) is 19.3 Å². The Morgan fingerprint density at radius 2 is 1.56 bits per heavy atom. The quantitative estimate of drug-likeness (QED) is 0.478. The highest BCUT2D eigenvalue weighted by Crippen LogP contribution is 2.24. The average molecular weight is 248 g/mol. The van der Waals surface area contributed by atoms with Gasteiger partial charge in [-0.25, -0.2) is 0 Å². The normalized spacial score (nSPS) is 11.7. The van der Waals surface area contributed by atoms with Crippen LogP contribution in [0.4, 0.5) is 0 Å². The highest BCUT2D eigenvalue weighted by Gasteiger charge is 2.13. The largest absolute Gasteiger partial charge is 0.411 e. The molecule has 0 aliphatic heterocycles. The summed E-state index contributed by atoms with van der Waals surface area (Å²) in [6.45, 7) is 6.30. The minimum atomic E-state index is 0.779. The summed E-state index contributed by atoms with van der Waals surface area (Å²) in [5.74, 6) is 0. The lowest BCUT2D eigenvalue weighted by Crippen LogP contribution is -2.07. The van der Waals surface area contributed by atoms with Gasteiger partial charge in [0.25, 0.3) is 0 Å². The molecule has 0 aliphatic carbocycles. The van der Waals surface area contributed by atoms with E-state index in [1.165, 1.54) is 23.6 Å². The number of aryl methyl sites for hydroxylation is 1. The Balaban J connectivity index is 3.62. The molecule has 0 aliphatic rings. The summed E-state index contributed by atoms with van der Waals surface area (Å²) < 4.78 is 0. The number of hydrogen-bond acceptors (Lipinski definition) is 4. The summed E-state index contributed by atoms with van der Waals surface area (Å²) in [6.07, 6.45) is 5.52. The van der Waals surface area contributed by atoms with Crippen LogP contribution < -0.4 is 0 Å². The highest BCUT2D eigenvalue weighted by atomic mass is 16.4. The van der Waals surface area contributed by atoms with Crippen molar-refractivity contribution in [3.05, 3.63) is 33.9 Å². The molecule has 0 saturated heterocycles. The molecule has 18 heavy (non-hydrogen) atoms. The summed E-state index contributed by atoms with van der Waals surface area (Å²) >= 11 is 0. The number of rotatable bonds is 5. The van der Waals surface area contributed by atoms with Gasteiger partial charge in [-0.3, -0.25) is 0 Å². The predicted octanol–water partition coefficient (Wildman–Crippen LogP) is 2.99. The van der Waals surface area contributed by atoms with Crippen LogP contribution in [0.5, 0.6) is 0 Å². The number of nitrogens with zero attached hydrogens (tertiary/aromatic N) is 2. The summed E-state index contributed by atoms with van der Waals surface area (Å²) in [7, 11) is 0. The first-order valence-electron chi connectivity index (χ1n) is 6.25. The molecular formula is C14H20N2O2. The fourth-order valence-electron chi connectivity index (χ4n) is 2.42. The molecule has 0 spiro atoms. The average Bonchev–Trinajstić information content (AvgIpc) is 2.39. The third-order valence-electron chi connectivity index (χ3n) is 3.19. The summed E-state index contributed by atoms with van der Waals surface area (Å²) in [6, 6.07) is 1.99. The van der Waals surface area contributed by atoms with E-state index in [9.17, 15) is 0 Å². The van der Waals surface area contributed by atoms with E-state index >= 15 is 0 Å². The van der Waals surface area contributed by atoms with E-state index in [2.05, 4.69) is 31.1 Å². The van der Waals surface area contributed by atoms with E-state index in [0.717, 1.165) is 36.0 Å². The summed E-state index contributed by atoms with van der Waals surface area (Å²) in [4.78, 5) is 0. The third-order valence-corrected chi connectivity index (χ3v) is 3.19. The van der Waals surface area contributed by atoms with Gasteiger partial charge < -0.3 is 10.4 Å². The molecule has 0 aromatic heterocycles. The molecule has 0 heterocycles. The van der Waals surface area contributed by atoms with E-state index in [-0.39, 0.29) is 0 Å². The van der Waals surface area contributed by atoms with Gasteiger partial charge in [0.2, 0.25) is 0 Å². The van der Waals surface area contributed by atoms with Gasteiger partial charge in [-0.2, -0.15) is 0 Å². The molecule has 0 bridgehead atoms. The minimum Gasteiger partial charge on any atom is -0.411 e. The van der Waals surface area contributed by atoms with Crippen molar-refractivity contribution in [1.82, 2.24) is 0 Å². The van der Waals surface area contributed by atoms with Crippen molar-refractivity contribution < 1.29 is 10.4 Å². The van der Waals surface area contributed by atoms with Crippen molar-refractivity contribution in [2.45, 2.75) is 40.0 Å². The SMILES string of the molecule is CCc1cc(C=NO)c(C=NO)c(CC)c1CC. The molecule has 98 valence electrons. The topological polar surface area (TPSA) is 65.2 Å². The van der Waals surface area contributed by atoms with Crippen molar-refractivity contribution in [3.8, 4) is 0 Å². The van der Waals surface area contributed by atoms with Crippen molar-refractivity contribution >= 4 is 12.4 Å². The van der Waals surface area contributed by atoms with E-state index in [4.69, 9.17) is 10.4 Å². The van der Waals surface area contributed by atoms with Gasteiger partial charge in [0.1, 0.15) is 0 Å². The lowest BCUT2D eigenvalue weighted by atomic mass is 9.88. The Morgan fingerprint density at radius 1 is 0.944 bits per heavy atom. The van der Waals surface area contributed by atoms with E-state index in [0.29, 0.717) is 0 Å². The van der Waals surface area contributed by atoms with Gasteiger partial charge in [-0.15, -0.1) is 0 Å². The van der Waals surface area contributed by atoms with Crippen LogP contribution >= 0.6 is 0 Å². The fourth-order valence-corrected chi connectivity index (χ4v) is 2.42. The third kappa shape index (κ3) is 2.70. The molecule has 4 nitrogen and oxygen atoms in total. The predicted molar refractivity (Wildman–Crippen MR) is 73.3 cm³/mol. The Bertz CT molecular complexity index is 465. The lowest BCUT2D eigenvalue weighted by Gasteiger charge is -2.16. The van der Waals surface area contributed by atoms with Gasteiger partial charge in [0.15, 0.2) is 0 Å². The zero-order valence-corrected chi connectivity index (χ0v) is 11.1. The molecule has 2 N–H and O–H groups in total. The Morgan fingerprint density at radius 3 is 2.00 bits per heavy atom. The van der Waals surface area contributed by atoms with Crippen molar-refractivity contribution in [3.63, 3.8) is 0 Å². The molecule has 0 atom stereocenters. The van der Waals surface area contributed by atoms with E-state index in [1.807, 2.05) is 6.07 Å². The first kappa shape index (κ1) is 14.2. The summed E-state index contributed by atoms with van der Waals surface area (Å²) in [5.41, 5.74) is 5.31. The smallest absolute Gasteiger partial charge is 0.0743 e.